The van der Waals surface area contributed by atoms with Gasteiger partial charge in [-0.15, -0.1) is 0 Å². The maximum Gasteiger partial charge on any atom is 0.222 e. The average molecular weight is 297 g/mol. The van der Waals surface area contributed by atoms with Gasteiger partial charge in [0.15, 0.2) is 0 Å². The third-order valence-electron chi connectivity index (χ3n) is 2.17. The molecule has 1 aromatic carbocycles. The van der Waals surface area contributed by atoms with Gasteiger partial charge in [0.1, 0.15) is 17.9 Å². The van der Waals surface area contributed by atoms with Crippen molar-refractivity contribution in [3.63, 3.8) is 0 Å². The lowest BCUT2D eigenvalue weighted by atomic mass is 10.3. The summed E-state index contributed by atoms with van der Waals surface area (Å²) < 4.78 is 19.2. The predicted molar refractivity (Wildman–Crippen MR) is 65.6 cm³/mol. The molecule has 0 atom stereocenters. The van der Waals surface area contributed by atoms with Crippen molar-refractivity contribution in [1.82, 2.24) is 9.97 Å². The van der Waals surface area contributed by atoms with Gasteiger partial charge in [-0.3, -0.25) is 0 Å². The molecule has 0 bridgehead atoms. The molecule has 3 nitrogen and oxygen atoms in total. The zero-order chi connectivity index (χ0) is 12.3. The Labute approximate surface area is 107 Å². The third-order valence-corrected chi connectivity index (χ3v) is 2.82. The van der Waals surface area contributed by atoms with Gasteiger partial charge in [-0.2, -0.15) is 0 Å². The number of aryl methyl sites for hydroxylation is 1. The first kappa shape index (κ1) is 12.0. The van der Waals surface area contributed by atoms with Gasteiger partial charge in [0.2, 0.25) is 5.88 Å². The van der Waals surface area contributed by atoms with Crippen molar-refractivity contribution in [2.75, 3.05) is 0 Å². The van der Waals surface area contributed by atoms with Crippen LogP contribution in [0, 0.1) is 5.82 Å². The fourth-order valence-corrected chi connectivity index (χ4v) is 1.62. The Morgan fingerprint density at radius 2 is 2.12 bits per heavy atom. The van der Waals surface area contributed by atoms with E-state index in [4.69, 9.17) is 4.74 Å². The molecule has 0 radical (unpaired) electrons. The zero-order valence-electron chi connectivity index (χ0n) is 9.15. The molecule has 0 fully saturated rings. The fraction of sp³-hybridized carbons (Fsp3) is 0.167. The van der Waals surface area contributed by atoms with Gasteiger partial charge in [0.05, 0.1) is 4.47 Å². The first-order valence-corrected chi connectivity index (χ1v) is 5.92. The van der Waals surface area contributed by atoms with Crippen LogP contribution in [0.4, 0.5) is 4.39 Å². The normalized spacial score (nSPS) is 10.3. The number of aromatic nitrogens is 2. The summed E-state index contributed by atoms with van der Waals surface area (Å²) in [6.45, 7) is 1.99. The highest BCUT2D eigenvalue weighted by Gasteiger charge is 2.06. The molecular formula is C12H10BrFN2O. The summed E-state index contributed by atoms with van der Waals surface area (Å²) in [4.78, 5) is 8.04. The van der Waals surface area contributed by atoms with Gasteiger partial charge >= 0.3 is 0 Å². The average Bonchev–Trinajstić information content (AvgIpc) is 2.34. The number of halogens is 2. The first-order valence-electron chi connectivity index (χ1n) is 5.13. The minimum Gasteiger partial charge on any atom is -0.438 e. The summed E-state index contributed by atoms with van der Waals surface area (Å²) in [5.74, 6) is 0.446. The smallest absolute Gasteiger partial charge is 0.222 e. The number of hydrogen-bond acceptors (Lipinski definition) is 3. The van der Waals surface area contributed by atoms with E-state index in [1.807, 2.05) is 6.92 Å². The van der Waals surface area contributed by atoms with Gasteiger partial charge in [0.25, 0.3) is 0 Å². The van der Waals surface area contributed by atoms with Crippen molar-refractivity contribution in [2.45, 2.75) is 13.3 Å². The van der Waals surface area contributed by atoms with Crippen LogP contribution in [0.3, 0.4) is 0 Å². The number of hydrogen-bond donors (Lipinski definition) is 0. The monoisotopic (exact) mass is 296 g/mol. The van der Waals surface area contributed by atoms with Gasteiger partial charge in [0, 0.05) is 17.8 Å². The summed E-state index contributed by atoms with van der Waals surface area (Å²) in [6.07, 6.45) is 2.23. The highest BCUT2D eigenvalue weighted by atomic mass is 79.9. The molecule has 2 rings (SSSR count). The Morgan fingerprint density at radius 3 is 2.88 bits per heavy atom. The Hall–Kier alpha value is -1.49. The van der Waals surface area contributed by atoms with E-state index in [1.54, 1.807) is 12.1 Å². The molecule has 5 heteroatoms. The van der Waals surface area contributed by atoms with E-state index < -0.39 is 0 Å². The van der Waals surface area contributed by atoms with Crippen LogP contribution in [-0.2, 0) is 6.42 Å². The minimum absolute atomic E-state index is 0.354. The highest BCUT2D eigenvalue weighted by Crippen LogP contribution is 2.29. The molecule has 17 heavy (non-hydrogen) atoms. The topological polar surface area (TPSA) is 35.0 Å². The maximum atomic E-state index is 13.1. The summed E-state index contributed by atoms with van der Waals surface area (Å²) in [7, 11) is 0. The highest BCUT2D eigenvalue weighted by molar-refractivity contribution is 9.10. The molecule has 0 N–H and O–H groups in total. The maximum absolute atomic E-state index is 13.1. The van der Waals surface area contributed by atoms with Crippen molar-refractivity contribution >= 4 is 15.9 Å². The van der Waals surface area contributed by atoms with E-state index in [9.17, 15) is 4.39 Å². The Morgan fingerprint density at radius 1 is 1.29 bits per heavy atom. The van der Waals surface area contributed by atoms with E-state index >= 15 is 0 Å². The molecular weight excluding hydrogens is 287 g/mol. The van der Waals surface area contributed by atoms with Crippen LogP contribution in [0.15, 0.2) is 35.1 Å². The number of nitrogens with zero attached hydrogens (tertiary/aromatic N) is 2. The van der Waals surface area contributed by atoms with Crippen molar-refractivity contribution < 1.29 is 9.13 Å². The second kappa shape index (κ2) is 5.23. The summed E-state index contributed by atoms with van der Waals surface area (Å²) >= 11 is 3.29. The quantitative estimate of drug-likeness (QED) is 0.865. The second-order valence-electron chi connectivity index (χ2n) is 3.38. The molecule has 0 aliphatic carbocycles. The lowest BCUT2D eigenvalue weighted by Crippen LogP contribution is -1.93. The van der Waals surface area contributed by atoms with Crippen LogP contribution in [0.5, 0.6) is 11.6 Å². The van der Waals surface area contributed by atoms with Crippen LogP contribution in [0.1, 0.15) is 12.6 Å². The molecule has 88 valence electrons. The lowest BCUT2D eigenvalue weighted by molar-refractivity contribution is 0.453. The van der Waals surface area contributed by atoms with Crippen molar-refractivity contribution in [1.29, 1.82) is 0 Å². The van der Waals surface area contributed by atoms with Gasteiger partial charge in [-0.05, 0) is 34.5 Å². The molecule has 1 heterocycles. The van der Waals surface area contributed by atoms with Crippen LogP contribution >= 0.6 is 15.9 Å². The van der Waals surface area contributed by atoms with Crippen molar-refractivity contribution in [2.24, 2.45) is 0 Å². The van der Waals surface area contributed by atoms with Crippen LogP contribution < -0.4 is 4.74 Å². The molecule has 0 aliphatic heterocycles. The Kier molecular flexibility index (Phi) is 3.68. The molecule has 2 aromatic rings. The first-order chi connectivity index (χ1) is 8.19. The molecule has 0 saturated heterocycles. The zero-order valence-corrected chi connectivity index (χ0v) is 10.7. The third kappa shape index (κ3) is 3.00. The number of ether oxygens (including phenoxy) is 1. The van der Waals surface area contributed by atoms with E-state index in [1.165, 1.54) is 18.5 Å². The van der Waals surface area contributed by atoms with Crippen molar-refractivity contribution in [3.05, 3.63) is 46.6 Å². The van der Waals surface area contributed by atoms with Crippen molar-refractivity contribution in [3.8, 4) is 11.6 Å². The van der Waals surface area contributed by atoms with E-state index in [2.05, 4.69) is 25.9 Å². The lowest BCUT2D eigenvalue weighted by Gasteiger charge is -2.07. The summed E-state index contributed by atoms with van der Waals surface area (Å²) in [6, 6.07) is 5.98. The number of rotatable bonds is 3. The fourth-order valence-electron chi connectivity index (χ4n) is 1.29. The predicted octanol–water partition coefficient (Wildman–Crippen LogP) is 3.73. The molecule has 0 amide bonds. The van der Waals surface area contributed by atoms with Crippen LogP contribution in [0.2, 0.25) is 0 Å². The van der Waals surface area contributed by atoms with E-state index in [0.717, 1.165) is 12.1 Å². The second-order valence-corrected chi connectivity index (χ2v) is 4.23. The minimum atomic E-state index is -0.354. The molecule has 0 unspecified atom stereocenters. The SMILES string of the molecule is CCc1cc(Oc2cc(F)ccc2Br)ncn1. The summed E-state index contributed by atoms with van der Waals surface area (Å²) in [5.41, 5.74) is 0.877. The van der Waals surface area contributed by atoms with Gasteiger partial charge < -0.3 is 4.74 Å². The molecule has 1 aromatic heterocycles. The largest absolute Gasteiger partial charge is 0.438 e. The van der Waals surface area contributed by atoms with E-state index in [0.29, 0.717) is 16.1 Å². The standard InChI is InChI=1S/C12H10BrFN2O/c1-2-9-6-12(16-7-15-9)17-11-5-8(14)3-4-10(11)13/h3-7H,2H2,1H3. The Balaban J connectivity index is 2.27. The number of benzene rings is 1. The Bertz CT molecular complexity index is 534. The molecule has 0 spiro atoms. The van der Waals surface area contributed by atoms with Gasteiger partial charge in [-0.25, -0.2) is 14.4 Å². The molecule has 0 saturated carbocycles. The van der Waals surface area contributed by atoms with E-state index in [-0.39, 0.29) is 5.82 Å². The van der Waals surface area contributed by atoms with Crippen LogP contribution in [0.25, 0.3) is 0 Å². The summed E-state index contributed by atoms with van der Waals surface area (Å²) in [5, 5.41) is 0. The molecule has 0 aliphatic rings. The van der Waals surface area contributed by atoms with Crippen LogP contribution in [-0.4, -0.2) is 9.97 Å². The van der Waals surface area contributed by atoms with Gasteiger partial charge in [-0.1, -0.05) is 6.92 Å².